The Hall–Kier alpha value is -4.86. The number of nitrogens with one attached hydrogen (secondary N) is 2. The maximum atomic E-state index is 13.3. The number of alkyl carbamates (subject to hydrolysis) is 1. The van der Waals surface area contributed by atoms with Gasteiger partial charge >= 0.3 is 24.1 Å². The quantitative estimate of drug-likeness (QED) is 0.235. The smallest absolute Gasteiger partial charge is 0.411 e. The van der Waals surface area contributed by atoms with Crippen LogP contribution in [-0.4, -0.2) is 47.5 Å². The third kappa shape index (κ3) is 9.79. The molecule has 0 spiro atoms. The van der Waals surface area contributed by atoms with E-state index in [1.54, 1.807) is 32.9 Å². The maximum Gasteiger partial charge on any atom is 0.411 e. The van der Waals surface area contributed by atoms with E-state index in [1.165, 1.54) is 12.1 Å². The summed E-state index contributed by atoms with van der Waals surface area (Å²) < 4.78 is 16.4. The average Bonchev–Trinajstić information content (AvgIpc) is 2.90. The fraction of sp³-hybridized carbons (Fsp3) is 0.267. The third-order valence-corrected chi connectivity index (χ3v) is 5.35. The van der Waals surface area contributed by atoms with Gasteiger partial charge in [-0.3, -0.25) is 10.1 Å². The Morgan fingerprint density at radius 1 is 0.800 bits per heavy atom. The number of hydrogen-bond acceptors (Lipinski definition) is 7. The topological polar surface area (TPSA) is 140 Å². The van der Waals surface area contributed by atoms with Crippen molar-refractivity contribution in [3.05, 3.63) is 102 Å². The van der Waals surface area contributed by atoms with Crippen LogP contribution in [0.3, 0.4) is 0 Å². The SMILES string of the molecule is CC(C)(C)OC(=O)NC(COC(=O)Nc1ccc(CC(=O)O)cc1)C(=O)OC(c1ccccc1)c1ccccc1. The average molecular weight is 549 g/mol. The monoisotopic (exact) mass is 548 g/mol. The number of esters is 1. The number of rotatable bonds is 10. The van der Waals surface area contributed by atoms with E-state index in [9.17, 15) is 19.2 Å². The van der Waals surface area contributed by atoms with Gasteiger partial charge in [-0.15, -0.1) is 0 Å². The fourth-order valence-corrected chi connectivity index (χ4v) is 3.59. The lowest BCUT2D eigenvalue weighted by Crippen LogP contribution is -2.47. The van der Waals surface area contributed by atoms with Crippen LogP contribution >= 0.6 is 0 Å². The van der Waals surface area contributed by atoms with Gasteiger partial charge in [0, 0.05) is 5.69 Å². The molecule has 2 amide bonds. The number of hydrogen-bond donors (Lipinski definition) is 3. The first kappa shape index (κ1) is 29.7. The minimum atomic E-state index is -1.38. The normalized spacial score (nSPS) is 11.7. The Morgan fingerprint density at radius 3 is 1.85 bits per heavy atom. The summed E-state index contributed by atoms with van der Waals surface area (Å²) in [6.07, 6.45) is -2.71. The number of amides is 2. The van der Waals surface area contributed by atoms with Crippen molar-refractivity contribution in [3.63, 3.8) is 0 Å². The number of benzene rings is 3. The molecule has 10 heteroatoms. The second kappa shape index (κ2) is 13.8. The summed E-state index contributed by atoms with van der Waals surface area (Å²) in [6, 6.07) is 23.0. The summed E-state index contributed by atoms with van der Waals surface area (Å²) in [5, 5.41) is 13.8. The molecular weight excluding hydrogens is 516 g/mol. The molecule has 0 radical (unpaired) electrons. The molecule has 40 heavy (non-hydrogen) atoms. The van der Waals surface area contributed by atoms with Crippen LogP contribution in [0.4, 0.5) is 15.3 Å². The van der Waals surface area contributed by atoms with Crippen molar-refractivity contribution < 1.29 is 38.5 Å². The van der Waals surface area contributed by atoms with E-state index < -0.39 is 48.5 Å². The van der Waals surface area contributed by atoms with Gasteiger partial charge in [0.1, 0.15) is 12.2 Å². The highest BCUT2D eigenvalue weighted by Crippen LogP contribution is 2.26. The Morgan fingerprint density at radius 2 is 1.35 bits per heavy atom. The summed E-state index contributed by atoms with van der Waals surface area (Å²) in [5.41, 5.74) is 1.50. The van der Waals surface area contributed by atoms with Gasteiger partial charge in [0.05, 0.1) is 6.42 Å². The van der Waals surface area contributed by atoms with Gasteiger partial charge in [-0.2, -0.15) is 0 Å². The largest absolute Gasteiger partial charge is 0.481 e. The Labute approximate surface area is 232 Å². The summed E-state index contributed by atoms with van der Waals surface area (Å²) in [7, 11) is 0. The molecule has 0 aromatic heterocycles. The second-order valence-electron chi connectivity index (χ2n) is 9.83. The van der Waals surface area contributed by atoms with Crippen LogP contribution in [0.5, 0.6) is 0 Å². The first-order chi connectivity index (χ1) is 19.0. The number of ether oxygens (including phenoxy) is 3. The fourth-order valence-electron chi connectivity index (χ4n) is 3.59. The molecular formula is C30H32N2O8. The lowest BCUT2D eigenvalue weighted by atomic mass is 10.0. The molecule has 0 aliphatic rings. The van der Waals surface area contributed by atoms with Crippen molar-refractivity contribution in [2.45, 2.75) is 44.9 Å². The molecule has 1 atom stereocenters. The molecule has 3 rings (SSSR count). The Kier molecular flexibility index (Phi) is 10.2. The molecule has 0 aliphatic carbocycles. The molecule has 210 valence electrons. The molecule has 3 aromatic rings. The van der Waals surface area contributed by atoms with Gasteiger partial charge in [0.25, 0.3) is 0 Å². The predicted molar refractivity (Wildman–Crippen MR) is 147 cm³/mol. The predicted octanol–water partition coefficient (Wildman–Crippen LogP) is 5.09. The number of carboxylic acids is 1. The van der Waals surface area contributed by atoms with E-state index in [1.807, 2.05) is 60.7 Å². The zero-order valence-electron chi connectivity index (χ0n) is 22.5. The van der Waals surface area contributed by atoms with E-state index in [4.69, 9.17) is 19.3 Å². The standard InChI is InChI=1S/C30H32N2O8/c1-30(2,3)40-29(37)32-24(19-38-28(36)31-23-16-14-20(15-17-23)18-25(33)34)27(35)39-26(21-10-6-4-7-11-21)22-12-8-5-9-13-22/h4-17,24,26H,18-19H2,1-3H3,(H,31,36)(H,32,37)(H,33,34). The summed E-state index contributed by atoms with van der Waals surface area (Å²) in [4.78, 5) is 49.2. The van der Waals surface area contributed by atoms with Crippen LogP contribution in [0, 0.1) is 0 Å². The first-order valence-electron chi connectivity index (χ1n) is 12.5. The van der Waals surface area contributed by atoms with E-state index in [0.29, 0.717) is 22.4 Å². The highest BCUT2D eigenvalue weighted by atomic mass is 16.6. The molecule has 3 aromatic carbocycles. The number of carbonyl (C=O) groups is 4. The Balaban J connectivity index is 1.73. The number of aliphatic carboxylic acids is 1. The highest BCUT2D eigenvalue weighted by molar-refractivity contribution is 5.86. The zero-order valence-corrected chi connectivity index (χ0v) is 22.5. The minimum absolute atomic E-state index is 0.155. The lowest BCUT2D eigenvalue weighted by Gasteiger charge is -2.25. The third-order valence-electron chi connectivity index (χ3n) is 5.35. The van der Waals surface area contributed by atoms with Crippen LogP contribution in [0.2, 0.25) is 0 Å². The van der Waals surface area contributed by atoms with Crippen molar-refractivity contribution in [1.29, 1.82) is 0 Å². The van der Waals surface area contributed by atoms with Gasteiger partial charge in [-0.25, -0.2) is 14.4 Å². The number of carboxylic acid groups (broad SMARTS) is 1. The molecule has 1 unspecified atom stereocenters. The molecule has 10 nitrogen and oxygen atoms in total. The van der Waals surface area contributed by atoms with Crippen molar-refractivity contribution in [3.8, 4) is 0 Å². The molecule has 0 bridgehead atoms. The van der Waals surface area contributed by atoms with E-state index >= 15 is 0 Å². The lowest BCUT2D eigenvalue weighted by molar-refractivity contribution is -0.151. The van der Waals surface area contributed by atoms with Crippen LogP contribution in [0.15, 0.2) is 84.9 Å². The van der Waals surface area contributed by atoms with Crippen LogP contribution < -0.4 is 10.6 Å². The summed E-state index contributed by atoms with van der Waals surface area (Å²) >= 11 is 0. The summed E-state index contributed by atoms with van der Waals surface area (Å²) in [5.74, 6) is -1.81. The molecule has 0 saturated carbocycles. The van der Waals surface area contributed by atoms with Gasteiger partial charge in [-0.1, -0.05) is 72.8 Å². The van der Waals surface area contributed by atoms with Crippen molar-refractivity contribution in [2.75, 3.05) is 11.9 Å². The zero-order chi connectivity index (χ0) is 29.1. The molecule has 0 heterocycles. The maximum absolute atomic E-state index is 13.3. The van der Waals surface area contributed by atoms with E-state index in [0.717, 1.165) is 0 Å². The van der Waals surface area contributed by atoms with Gasteiger partial charge < -0.3 is 24.6 Å². The van der Waals surface area contributed by atoms with Crippen molar-refractivity contribution >= 4 is 29.8 Å². The van der Waals surface area contributed by atoms with Crippen LogP contribution in [0.25, 0.3) is 0 Å². The molecule has 3 N–H and O–H groups in total. The van der Waals surface area contributed by atoms with Crippen LogP contribution in [0.1, 0.15) is 43.6 Å². The van der Waals surface area contributed by atoms with E-state index in [2.05, 4.69) is 10.6 Å². The van der Waals surface area contributed by atoms with Crippen molar-refractivity contribution in [2.24, 2.45) is 0 Å². The first-order valence-corrected chi connectivity index (χ1v) is 12.5. The van der Waals surface area contributed by atoms with Crippen molar-refractivity contribution in [1.82, 2.24) is 5.32 Å². The van der Waals surface area contributed by atoms with E-state index in [-0.39, 0.29) is 6.42 Å². The van der Waals surface area contributed by atoms with Crippen LogP contribution in [-0.2, 0) is 30.2 Å². The number of carbonyl (C=O) groups excluding carboxylic acids is 3. The summed E-state index contributed by atoms with van der Waals surface area (Å²) in [6.45, 7) is 4.47. The minimum Gasteiger partial charge on any atom is -0.481 e. The van der Waals surface area contributed by atoms with Gasteiger partial charge in [0.15, 0.2) is 12.1 Å². The molecule has 0 aliphatic heterocycles. The molecule has 0 fully saturated rings. The number of anilines is 1. The van der Waals surface area contributed by atoms with Gasteiger partial charge in [0.2, 0.25) is 0 Å². The highest BCUT2D eigenvalue weighted by Gasteiger charge is 2.30. The van der Waals surface area contributed by atoms with Gasteiger partial charge in [-0.05, 0) is 49.6 Å². The second-order valence-corrected chi connectivity index (χ2v) is 9.83. The Bertz CT molecular complexity index is 1250. The molecule has 0 saturated heterocycles.